The van der Waals surface area contributed by atoms with Gasteiger partial charge in [0.2, 0.25) is 5.95 Å². The van der Waals surface area contributed by atoms with Crippen molar-refractivity contribution in [3.05, 3.63) is 12.0 Å². The number of halogens is 1. The molecule has 0 saturated carbocycles. The summed E-state index contributed by atoms with van der Waals surface area (Å²) in [5.74, 6) is -0.600. The predicted octanol–water partition coefficient (Wildman–Crippen LogP) is 1.47. The maximum absolute atomic E-state index is 15.6. The van der Waals surface area contributed by atoms with Crippen molar-refractivity contribution < 1.29 is 32.9 Å². The molecule has 0 spiro atoms. The number of nitrogens with one attached hydrogen (secondary N) is 1. The van der Waals surface area contributed by atoms with Gasteiger partial charge in [0.05, 0.1) is 24.7 Å². The number of aryl methyl sites for hydroxylation is 1. The first-order valence-electron chi connectivity index (χ1n) is 10.4. The molecule has 3 unspecified atom stereocenters. The average Bonchev–Trinajstić information content (AvgIpc) is 3.18. The number of hydrogen-bond donors (Lipinski definition) is 3. The summed E-state index contributed by atoms with van der Waals surface area (Å²) in [6.07, 6.45) is -3.06. The van der Waals surface area contributed by atoms with Crippen LogP contribution in [0.1, 0.15) is 39.6 Å². The van der Waals surface area contributed by atoms with Crippen LogP contribution in [0, 0.1) is 6.92 Å². The predicted molar refractivity (Wildman–Crippen MR) is 117 cm³/mol. The fourth-order valence-electron chi connectivity index (χ4n) is 3.59. The lowest BCUT2D eigenvalue weighted by Gasteiger charge is -2.24. The minimum atomic E-state index is -3.52. The Morgan fingerprint density at radius 3 is 2.76 bits per heavy atom. The number of imidazole rings is 1. The molecule has 0 aliphatic carbocycles. The van der Waals surface area contributed by atoms with Crippen LogP contribution in [-0.2, 0) is 23.4 Å². The highest BCUT2D eigenvalue weighted by molar-refractivity contribution is 7.56. The number of aliphatic hydroxyl groups excluding tert-OH is 1. The number of fused-ring (bicyclic) bond motifs is 1. The molecule has 1 fully saturated rings. The van der Waals surface area contributed by atoms with Crippen molar-refractivity contribution in [2.24, 2.45) is 0 Å². The molecule has 0 radical (unpaired) electrons. The van der Waals surface area contributed by atoms with Gasteiger partial charge in [-0.05, 0) is 34.6 Å². The number of ether oxygens (including phenoxy) is 2. The number of rotatable bonds is 8. The van der Waals surface area contributed by atoms with Gasteiger partial charge in [-0.2, -0.15) is 4.98 Å². The number of anilines is 1. The molecule has 3 heterocycles. The highest BCUT2D eigenvalue weighted by Gasteiger charge is 2.55. The van der Waals surface area contributed by atoms with Crippen molar-refractivity contribution in [3.8, 4) is 0 Å². The summed E-state index contributed by atoms with van der Waals surface area (Å²) in [4.78, 5) is 24.3. The number of alkyl halides is 1. The molecule has 2 aromatic rings. The molecule has 184 valence electrons. The minimum Gasteiger partial charge on any atom is -0.462 e. The number of aromatic nitrogens is 4. The van der Waals surface area contributed by atoms with Crippen LogP contribution in [0.25, 0.3) is 11.2 Å². The number of esters is 1. The third kappa shape index (κ3) is 5.33. The van der Waals surface area contributed by atoms with Crippen LogP contribution in [0.3, 0.4) is 0 Å². The zero-order valence-corrected chi connectivity index (χ0v) is 20.2. The van der Waals surface area contributed by atoms with Crippen LogP contribution < -0.4 is 10.8 Å². The van der Waals surface area contributed by atoms with E-state index in [1.807, 2.05) is 0 Å². The number of nitrogens with zero attached hydrogens (tertiary/aromatic N) is 4. The number of hydrogen-bond acceptors (Lipinski definition) is 10. The van der Waals surface area contributed by atoms with Crippen molar-refractivity contribution in [1.29, 1.82) is 0 Å². The SMILES string of the molecule is Cc1nc(N)nc2c1ncn2C1OC(COP(C)(=O)N[C@@H](C)C(=O)OC(C)C)[C@@H](O)[C@@]1(C)F. The third-order valence-electron chi connectivity index (χ3n) is 5.20. The lowest BCUT2D eigenvalue weighted by molar-refractivity contribution is -0.149. The first-order chi connectivity index (χ1) is 15.2. The highest BCUT2D eigenvalue weighted by Crippen LogP contribution is 2.45. The topological polar surface area (TPSA) is 164 Å². The van der Waals surface area contributed by atoms with E-state index < -0.39 is 50.2 Å². The Morgan fingerprint density at radius 2 is 2.12 bits per heavy atom. The summed E-state index contributed by atoms with van der Waals surface area (Å²) < 4.78 is 45.9. The van der Waals surface area contributed by atoms with Gasteiger partial charge < -0.3 is 24.8 Å². The number of aliphatic hydroxyl groups is 1. The van der Waals surface area contributed by atoms with Crippen LogP contribution in [0.2, 0.25) is 0 Å². The number of nitrogen functional groups attached to an aromatic ring is 1. The fourth-order valence-corrected chi connectivity index (χ4v) is 4.91. The van der Waals surface area contributed by atoms with E-state index in [0.717, 1.165) is 0 Å². The standard InChI is InChI=1S/C19H30FN6O6P/c1-9(2)31-16(28)11(4)25-33(6,29)30-7-12-14(27)19(5,20)17(32-12)26-8-22-13-10(3)23-18(21)24-15(13)26/h8-9,11-12,14,17,27H,7H2,1-6H3,(H,25,29)(H2,21,23,24)/t11-,12?,14+,17?,19+,33?/m0/s1. The van der Waals surface area contributed by atoms with Gasteiger partial charge in [-0.25, -0.2) is 19.4 Å². The Balaban J connectivity index is 1.73. The molecule has 2 aromatic heterocycles. The Morgan fingerprint density at radius 1 is 1.45 bits per heavy atom. The number of carbonyl (C=O) groups is 1. The normalized spacial score (nSPS) is 28.2. The molecular formula is C19H30FN6O6P. The summed E-state index contributed by atoms with van der Waals surface area (Å²) in [6, 6.07) is -0.900. The fraction of sp³-hybridized carbons (Fsp3) is 0.684. The van der Waals surface area contributed by atoms with Crippen LogP contribution in [0.4, 0.5) is 10.3 Å². The Labute approximate surface area is 190 Å². The average molecular weight is 488 g/mol. The lowest BCUT2D eigenvalue weighted by atomic mass is 9.98. The molecule has 14 heteroatoms. The van der Waals surface area contributed by atoms with Crippen molar-refractivity contribution in [3.63, 3.8) is 0 Å². The van der Waals surface area contributed by atoms with E-state index in [0.29, 0.717) is 11.2 Å². The van der Waals surface area contributed by atoms with Crippen molar-refractivity contribution in [1.82, 2.24) is 24.6 Å². The van der Waals surface area contributed by atoms with Gasteiger partial charge in [0.1, 0.15) is 23.8 Å². The Bertz CT molecular complexity index is 1080. The molecule has 1 saturated heterocycles. The molecule has 4 N–H and O–H groups in total. The molecule has 1 aliphatic heterocycles. The highest BCUT2D eigenvalue weighted by atomic mass is 31.2. The smallest absolute Gasteiger partial charge is 0.323 e. The van der Waals surface area contributed by atoms with Gasteiger partial charge in [-0.15, -0.1) is 0 Å². The van der Waals surface area contributed by atoms with Gasteiger partial charge in [0.25, 0.3) is 7.52 Å². The van der Waals surface area contributed by atoms with Gasteiger partial charge in [0.15, 0.2) is 17.5 Å². The summed E-state index contributed by atoms with van der Waals surface area (Å²) in [5.41, 5.74) is 4.65. The molecule has 33 heavy (non-hydrogen) atoms. The molecule has 0 aromatic carbocycles. The number of carbonyl (C=O) groups excluding carboxylic acids is 1. The third-order valence-corrected chi connectivity index (χ3v) is 6.70. The molecule has 3 rings (SSSR count). The van der Waals surface area contributed by atoms with Crippen LogP contribution in [0.5, 0.6) is 0 Å². The molecule has 1 aliphatic rings. The van der Waals surface area contributed by atoms with E-state index in [2.05, 4.69) is 20.0 Å². The zero-order valence-electron chi connectivity index (χ0n) is 19.4. The summed E-state index contributed by atoms with van der Waals surface area (Å²) in [5, 5.41) is 13.2. The van der Waals surface area contributed by atoms with Crippen LogP contribution >= 0.6 is 7.52 Å². The van der Waals surface area contributed by atoms with Crippen molar-refractivity contribution in [2.75, 3.05) is 19.0 Å². The van der Waals surface area contributed by atoms with Gasteiger partial charge >= 0.3 is 5.97 Å². The van der Waals surface area contributed by atoms with E-state index in [4.69, 9.17) is 19.7 Å². The zero-order chi connectivity index (χ0) is 24.7. The maximum Gasteiger partial charge on any atom is 0.323 e. The second kappa shape index (κ2) is 9.22. The molecule has 0 amide bonds. The van der Waals surface area contributed by atoms with E-state index >= 15 is 4.39 Å². The first kappa shape index (κ1) is 25.4. The number of nitrogens with two attached hydrogens (primary N) is 1. The first-order valence-corrected chi connectivity index (χ1v) is 12.5. The largest absolute Gasteiger partial charge is 0.462 e. The van der Waals surface area contributed by atoms with Crippen molar-refractivity contribution in [2.45, 2.75) is 70.9 Å². The van der Waals surface area contributed by atoms with E-state index in [9.17, 15) is 14.5 Å². The summed E-state index contributed by atoms with van der Waals surface area (Å²) >= 11 is 0. The summed E-state index contributed by atoms with van der Waals surface area (Å²) in [6.45, 7) is 8.62. The Kier molecular flexibility index (Phi) is 7.11. The lowest BCUT2D eigenvalue weighted by Crippen LogP contribution is -2.41. The molecule has 12 nitrogen and oxygen atoms in total. The van der Waals surface area contributed by atoms with E-state index in [1.54, 1.807) is 20.8 Å². The molecular weight excluding hydrogens is 458 g/mol. The van der Waals surface area contributed by atoms with Crippen LogP contribution in [0.15, 0.2) is 6.33 Å². The second-order valence-corrected chi connectivity index (χ2v) is 10.8. The van der Waals surface area contributed by atoms with Gasteiger partial charge in [0, 0.05) is 6.66 Å². The van der Waals surface area contributed by atoms with Crippen molar-refractivity contribution >= 4 is 30.6 Å². The Hall–Kier alpha value is -2.18. The van der Waals surface area contributed by atoms with E-state index in [1.165, 1.54) is 31.4 Å². The monoisotopic (exact) mass is 488 g/mol. The van der Waals surface area contributed by atoms with E-state index in [-0.39, 0.29) is 17.7 Å². The van der Waals surface area contributed by atoms with Crippen LogP contribution in [-0.4, -0.2) is 73.9 Å². The van der Waals surface area contributed by atoms with Gasteiger partial charge in [-0.3, -0.25) is 13.9 Å². The quantitative estimate of drug-likeness (QED) is 0.364. The maximum atomic E-state index is 15.6. The van der Waals surface area contributed by atoms with Gasteiger partial charge in [-0.1, -0.05) is 0 Å². The minimum absolute atomic E-state index is 0.0103. The molecule has 6 atom stereocenters. The summed E-state index contributed by atoms with van der Waals surface area (Å²) in [7, 11) is -3.52. The molecule has 0 bridgehead atoms. The second-order valence-electron chi connectivity index (χ2n) is 8.59.